The number of rotatable bonds is 4. The van der Waals surface area contributed by atoms with Crippen LogP contribution < -0.4 is 10.5 Å². The summed E-state index contributed by atoms with van der Waals surface area (Å²) in [7, 11) is 0. The summed E-state index contributed by atoms with van der Waals surface area (Å²) in [6.07, 6.45) is 4.75. The Balaban J connectivity index is 2.36. The van der Waals surface area contributed by atoms with E-state index in [4.69, 9.17) is 10.5 Å². The molecule has 1 aromatic rings. The van der Waals surface area contributed by atoms with Crippen LogP contribution in [0.1, 0.15) is 45.1 Å². The van der Waals surface area contributed by atoms with Gasteiger partial charge in [0.05, 0.1) is 0 Å². The van der Waals surface area contributed by atoms with Gasteiger partial charge in [-0.05, 0) is 31.4 Å². The summed E-state index contributed by atoms with van der Waals surface area (Å²) < 4.78 is 6.21. The second kappa shape index (κ2) is 5.19. The average molecular weight is 249 g/mol. The quantitative estimate of drug-likeness (QED) is 0.862. The fraction of sp³-hybridized carbons (Fsp3) is 0.600. The SMILES string of the molecule is CCCC1(CCC)Oc2cccc(O)c2CC1N. The molecule has 1 aliphatic rings. The van der Waals surface area contributed by atoms with E-state index in [9.17, 15) is 5.11 Å². The molecule has 3 nitrogen and oxygen atoms in total. The zero-order chi connectivity index (χ0) is 13.2. The highest BCUT2D eigenvalue weighted by atomic mass is 16.5. The van der Waals surface area contributed by atoms with Crippen molar-refractivity contribution in [2.45, 2.75) is 57.6 Å². The zero-order valence-corrected chi connectivity index (χ0v) is 11.3. The first-order valence-electron chi connectivity index (χ1n) is 6.88. The van der Waals surface area contributed by atoms with Crippen LogP contribution in [0.2, 0.25) is 0 Å². The summed E-state index contributed by atoms with van der Waals surface area (Å²) in [6.45, 7) is 4.32. The van der Waals surface area contributed by atoms with Gasteiger partial charge in [0.1, 0.15) is 17.1 Å². The molecule has 3 heteroatoms. The molecule has 1 heterocycles. The highest BCUT2D eigenvalue weighted by Gasteiger charge is 2.42. The molecule has 1 aromatic carbocycles. The fourth-order valence-corrected chi connectivity index (χ4v) is 3.00. The second-order valence-electron chi connectivity index (χ2n) is 5.23. The Labute approximate surface area is 109 Å². The number of benzene rings is 1. The molecule has 0 radical (unpaired) electrons. The van der Waals surface area contributed by atoms with Crippen LogP contribution >= 0.6 is 0 Å². The van der Waals surface area contributed by atoms with Crippen LogP contribution in [0.4, 0.5) is 0 Å². The molecule has 0 spiro atoms. The number of nitrogens with two attached hydrogens (primary N) is 1. The minimum absolute atomic E-state index is 0.0433. The number of phenolic OH excluding ortho intramolecular Hbond substituents is 1. The van der Waals surface area contributed by atoms with Gasteiger partial charge in [0.15, 0.2) is 0 Å². The van der Waals surface area contributed by atoms with E-state index in [2.05, 4.69) is 13.8 Å². The minimum Gasteiger partial charge on any atom is -0.508 e. The number of hydrogen-bond donors (Lipinski definition) is 2. The van der Waals surface area contributed by atoms with E-state index in [0.29, 0.717) is 12.2 Å². The van der Waals surface area contributed by atoms with Gasteiger partial charge in [0.2, 0.25) is 0 Å². The third-order valence-electron chi connectivity index (χ3n) is 3.87. The van der Waals surface area contributed by atoms with Gasteiger partial charge in [0, 0.05) is 11.6 Å². The summed E-state index contributed by atoms with van der Waals surface area (Å²) in [4.78, 5) is 0. The summed E-state index contributed by atoms with van der Waals surface area (Å²) in [6, 6.07) is 5.41. The van der Waals surface area contributed by atoms with Crippen molar-refractivity contribution in [3.63, 3.8) is 0 Å². The molecule has 0 aliphatic carbocycles. The third kappa shape index (κ3) is 2.19. The standard InChI is InChI=1S/C15H23NO2/c1-3-8-15(9-4-2)14(16)10-11-12(17)6-5-7-13(11)18-15/h5-7,14,17H,3-4,8-10,16H2,1-2H3. The molecule has 0 amide bonds. The number of hydrogen-bond acceptors (Lipinski definition) is 3. The van der Waals surface area contributed by atoms with Crippen LogP contribution in [-0.2, 0) is 6.42 Å². The Bertz CT molecular complexity index is 411. The van der Waals surface area contributed by atoms with Crippen molar-refractivity contribution < 1.29 is 9.84 Å². The molecule has 1 atom stereocenters. The predicted molar refractivity (Wildman–Crippen MR) is 73.0 cm³/mol. The van der Waals surface area contributed by atoms with E-state index in [1.165, 1.54) is 0 Å². The first-order chi connectivity index (χ1) is 8.63. The van der Waals surface area contributed by atoms with Crippen LogP contribution in [-0.4, -0.2) is 16.7 Å². The lowest BCUT2D eigenvalue weighted by Gasteiger charge is -2.43. The largest absolute Gasteiger partial charge is 0.508 e. The molecule has 1 aliphatic heterocycles. The van der Waals surface area contributed by atoms with Crippen molar-refractivity contribution in [2.24, 2.45) is 5.73 Å². The Morgan fingerprint density at radius 1 is 1.33 bits per heavy atom. The summed E-state index contributed by atoms with van der Waals surface area (Å²) >= 11 is 0. The Hall–Kier alpha value is -1.22. The van der Waals surface area contributed by atoms with Crippen LogP contribution in [0.5, 0.6) is 11.5 Å². The second-order valence-corrected chi connectivity index (χ2v) is 5.23. The highest BCUT2D eigenvalue weighted by Crippen LogP contribution is 2.41. The summed E-state index contributed by atoms with van der Waals surface area (Å²) in [5.74, 6) is 1.10. The minimum atomic E-state index is -0.260. The highest BCUT2D eigenvalue weighted by molar-refractivity contribution is 5.46. The molecule has 0 saturated carbocycles. The lowest BCUT2D eigenvalue weighted by atomic mass is 9.80. The molecule has 0 saturated heterocycles. The molecule has 0 fully saturated rings. The van der Waals surface area contributed by atoms with Gasteiger partial charge >= 0.3 is 0 Å². The number of phenols is 1. The normalized spacial score (nSPS) is 21.2. The van der Waals surface area contributed by atoms with E-state index in [0.717, 1.165) is 37.0 Å². The molecule has 1 unspecified atom stereocenters. The molecule has 0 bridgehead atoms. The van der Waals surface area contributed by atoms with Gasteiger partial charge in [-0.2, -0.15) is 0 Å². The summed E-state index contributed by atoms with van der Waals surface area (Å²) in [5, 5.41) is 9.87. The van der Waals surface area contributed by atoms with E-state index < -0.39 is 0 Å². The molecule has 3 N–H and O–H groups in total. The Kier molecular flexibility index (Phi) is 3.81. The molecular weight excluding hydrogens is 226 g/mol. The third-order valence-corrected chi connectivity index (χ3v) is 3.87. The maximum Gasteiger partial charge on any atom is 0.127 e. The van der Waals surface area contributed by atoms with Crippen molar-refractivity contribution in [3.05, 3.63) is 23.8 Å². The Morgan fingerprint density at radius 3 is 2.61 bits per heavy atom. The summed E-state index contributed by atoms with van der Waals surface area (Å²) in [5.41, 5.74) is 6.93. The molecule has 100 valence electrons. The van der Waals surface area contributed by atoms with Gasteiger partial charge in [0.25, 0.3) is 0 Å². The van der Waals surface area contributed by atoms with Gasteiger partial charge in [-0.3, -0.25) is 0 Å². The van der Waals surface area contributed by atoms with E-state index in [1.807, 2.05) is 12.1 Å². The first kappa shape index (κ1) is 13.2. The van der Waals surface area contributed by atoms with Crippen LogP contribution in [0.3, 0.4) is 0 Å². The topological polar surface area (TPSA) is 55.5 Å². The smallest absolute Gasteiger partial charge is 0.127 e. The number of ether oxygens (including phenoxy) is 1. The van der Waals surface area contributed by atoms with Crippen LogP contribution in [0.25, 0.3) is 0 Å². The van der Waals surface area contributed by atoms with E-state index in [1.54, 1.807) is 6.07 Å². The molecule has 18 heavy (non-hydrogen) atoms. The monoisotopic (exact) mass is 249 g/mol. The predicted octanol–water partition coefficient (Wildman–Crippen LogP) is 2.99. The Morgan fingerprint density at radius 2 is 2.00 bits per heavy atom. The number of aromatic hydroxyl groups is 1. The van der Waals surface area contributed by atoms with Crippen LogP contribution in [0, 0.1) is 0 Å². The van der Waals surface area contributed by atoms with Gasteiger partial charge in [-0.1, -0.05) is 32.8 Å². The zero-order valence-electron chi connectivity index (χ0n) is 11.3. The van der Waals surface area contributed by atoms with E-state index >= 15 is 0 Å². The van der Waals surface area contributed by atoms with Crippen molar-refractivity contribution in [2.75, 3.05) is 0 Å². The number of fused-ring (bicyclic) bond motifs is 1. The van der Waals surface area contributed by atoms with Crippen LogP contribution in [0.15, 0.2) is 18.2 Å². The first-order valence-corrected chi connectivity index (χ1v) is 6.88. The average Bonchev–Trinajstić information content (AvgIpc) is 2.33. The maximum atomic E-state index is 9.87. The van der Waals surface area contributed by atoms with E-state index in [-0.39, 0.29) is 11.6 Å². The fourth-order valence-electron chi connectivity index (χ4n) is 3.00. The van der Waals surface area contributed by atoms with Crippen molar-refractivity contribution in [1.82, 2.24) is 0 Å². The van der Waals surface area contributed by atoms with Gasteiger partial charge in [-0.25, -0.2) is 0 Å². The molecule has 2 rings (SSSR count). The van der Waals surface area contributed by atoms with Crippen molar-refractivity contribution >= 4 is 0 Å². The lowest BCUT2D eigenvalue weighted by molar-refractivity contribution is 0.00894. The van der Waals surface area contributed by atoms with Crippen molar-refractivity contribution in [3.8, 4) is 11.5 Å². The molecule has 0 aromatic heterocycles. The maximum absolute atomic E-state index is 9.87. The van der Waals surface area contributed by atoms with Crippen molar-refractivity contribution in [1.29, 1.82) is 0 Å². The van der Waals surface area contributed by atoms with Gasteiger partial charge in [-0.15, -0.1) is 0 Å². The molecular formula is C15H23NO2. The lowest BCUT2D eigenvalue weighted by Crippen LogP contribution is -2.55. The van der Waals surface area contributed by atoms with Gasteiger partial charge < -0.3 is 15.6 Å².